The molecule has 1 atom stereocenters. The van der Waals surface area contributed by atoms with Gasteiger partial charge in [-0.05, 0) is 36.2 Å². The molecular weight excluding hydrogens is 246 g/mol. The number of carbonyl (C=O) groups is 1. The van der Waals surface area contributed by atoms with Gasteiger partial charge in [0.1, 0.15) is 0 Å². The van der Waals surface area contributed by atoms with Crippen LogP contribution in [0.2, 0.25) is 0 Å². The summed E-state index contributed by atoms with van der Waals surface area (Å²) in [5.74, 6) is 0.893. The molecule has 1 aliphatic carbocycles. The second-order valence-electron chi connectivity index (χ2n) is 7.40. The van der Waals surface area contributed by atoms with Crippen molar-refractivity contribution in [3.63, 3.8) is 0 Å². The lowest BCUT2D eigenvalue weighted by molar-refractivity contribution is 0.0968. The monoisotopic (exact) mass is 273 g/mol. The molecule has 110 valence electrons. The summed E-state index contributed by atoms with van der Waals surface area (Å²) in [5, 5.41) is 0. The lowest BCUT2D eigenvalue weighted by Crippen LogP contribution is -2.29. The molecule has 0 saturated heterocycles. The van der Waals surface area contributed by atoms with E-state index in [9.17, 15) is 4.79 Å². The fraction of sp³-hybridized carbons (Fsp3) is 0.611. The molecule has 0 aliphatic heterocycles. The van der Waals surface area contributed by atoms with Crippen LogP contribution < -0.4 is 5.73 Å². The van der Waals surface area contributed by atoms with E-state index in [-0.39, 0.29) is 17.2 Å². The van der Waals surface area contributed by atoms with E-state index in [1.807, 2.05) is 12.1 Å². The molecule has 1 fully saturated rings. The summed E-state index contributed by atoms with van der Waals surface area (Å²) in [7, 11) is 0. The highest BCUT2D eigenvalue weighted by molar-refractivity contribution is 5.96. The molecule has 0 aromatic heterocycles. The maximum atomic E-state index is 12.2. The van der Waals surface area contributed by atoms with Crippen LogP contribution in [-0.2, 0) is 0 Å². The Kier molecular flexibility index (Phi) is 4.64. The molecule has 1 saturated carbocycles. The Morgan fingerprint density at radius 1 is 1.25 bits per heavy atom. The van der Waals surface area contributed by atoms with Crippen LogP contribution in [0, 0.1) is 5.41 Å². The summed E-state index contributed by atoms with van der Waals surface area (Å²) in [6.07, 6.45) is 5.25. The molecule has 1 aromatic carbocycles. The zero-order chi connectivity index (χ0) is 14.8. The summed E-state index contributed by atoms with van der Waals surface area (Å²) in [6.45, 7) is 6.47. The molecule has 0 spiro atoms. The van der Waals surface area contributed by atoms with Gasteiger partial charge >= 0.3 is 0 Å². The smallest absolute Gasteiger partial charge is 0.164 e. The molecule has 2 N–H and O–H groups in total. The average Bonchev–Trinajstić information content (AvgIpc) is 2.24. The number of hydrogen-bond acceptors (Lipinski definition) is 2. The van der Waals surface area contributed by atoms with Gasteiger partial charge in [-0.3, -0.25) is 4.79 Å². The van der Waals surface area contributed by atoms with E-state index in [1.165, 1.54) is 24.8 Å². The third kappa shape index (κ3) is 4.17. The van der Waals surface area contributed by atoms with Gasteiger partial charge in [0.05, 0.1) is 0 Å². The molecular formula is C18H27NO. The van der Waals surface area contributed by atoms with Gasteiger partial charge < -0.3 is 5.73 Å². The molecule has 0 bridgehead atoms. The Morgan fingerprint density at radius 2 is 1.85 bits per heavy atom. The second kappa shape index (κ2) is 6.09. The minimum absolute atomic E-state index is 0.0474. The van der Waals surface area contributed by atoms with Crippen LogP contribution >= 0.6 is 0 Å². The van der Waals surface area contributed by atoms with Gasteiger partial charge in [-0.2, -0.15) is 0 Å². The standard InChI is InChI=1S/C18H27NO/c1-18(2,3)12-16(19)11-17(20)15-9-7-14(8-10-15)13-5-4-6-13/h7-10,13,16H,4-6,11-12,19H2,1-3H3. The maximum Gasteiger partial charge on any atom is 0.164 e. The van der Waals surface area contributed by atoms with Crippen molar-refractivity contribution < 1.29 is 4.79 Å². The number of rotatable bonds is 5. The van der Waals surface area contributed by atoms with Crippen LogP contribution in [0.5, 0.6) is 0 Å². The first-order chi connectivity index (χ1) is 9.35. The third-order valence-electron chi connectivity index (χ3n) is 4.13. The molecule has 0 amide bonds. The van der Waals surface area contributed by atoms with Crippen LogP contribution in [0.1, 0.15) is 74.7 Å². The van der Waals surface area contributed by atoms with E-state index < -0.39 is 0 Å². The molecule has 0 heterocycles. The fourth-order valence-electron chi connectivity index (χ4n) is 2.90. The molecule has 2 rings (SSSR count). The number of Topliss-reactive ketones (excluding diaryl/α,β-unsaturated/α-hetero) is 1. The topological polar surface area (TPSA) is 43.1 Å². The molecule has 1 unspecified atom stereocenters. The lowest BCUT2D eigenvalue weighted by atomic mass is 9.80. The number of ketones is 1. The van der Waals surface area contributed by atoms with Crippen molar-refractivity contribution in [3.8, 4) is 0 Å². The van der Waals surface area contributed by atoms with Crippen molar-refractivity contribution in [3.05, 3.63) is 35.4 Å². The molecule has 1 aliphatic rings. The highest BCUT2D eigenvalue weighted by Gasteiger charge is 2.21. The predicted molar refractivity (Wildman–Crippen MR) is 84.0 cm³/mol. The van der Waals surface area contributed by atoms with E-state index in [0.29, 0.717) is 6.42 Å². The maximum absolute atomic E-state index is 12.2. The zero-order valence-corrected chi connectivity index (χ0v) is 13.0. The van der Waals surface area contributed by atoms with E-state index in [1.54, 1.807) is 0 Å². The largest absolute Gasteiger partial charge is 0.327 e. The van der Waals surface area contributed by atoms with E-state index in [2.05, 4.69) is 32.9 Å². The minimum Gasteiger partial charge on any atom is -0.327 e. The first-order valence-corrected chi connectivity index (χ1v) is 7.74. The predicted octanol–water partition coefficient (Wildman–Crippen LogP) is 4.29. The highest BCUT2D eigenvalue weighted by atomic mass is 16.1. The van der Waals surface area contributed by atoms with Crippen LogP contribution in [-0.4, -0.2) is 11.8 Å². The van der Waals surface area contributed by atoms with Crippen LogP contribution in [0.4, 0.5) is 0 Å². The van der Waals surface area contributed by atoms with Gasteiger partial charge in [0, 0.05) is 18.0 Å². The van der Waals surface area contributed by atoms with E-state index in [0.717, 1.165) is 17.9 Å². The van der Waals surface area contributed by atoms with Crippen molar-refractivity contribution in [1.82, 2.24) is 0 Å². The first kappa shape index (κ1) is 15.2. The Bertz CT molecular complexity index is 451. The Labute approximate surface area is 122 Å². The number of nitrogens with two attached hydrogens (primary N) is 1. The lowest BCUT2D eigenvalue weighted by Gasteiger charge is -2.26. The summed E-state index contributed by atoms with van der Waals surface area (Å²) in [5.41, 5.74) is 8.44. The average molecular weight is 273 g/mol. The summed E-state index contributed by atoms with van der Waals surface area (Å²) >= 11 is 0. The zero-order valence-electron chi connectivity index (χ0n) is 13.0. The van der Waals surface area contributed by atoms with Crippen molar-refractivity contribution in [1.29, 1.82) is 0 Å². The van der Waals surface area contributed by atoms with Gasteiger partial charge in [0.15, 0.2) is 5.78 Å². The summed E-state index contributed by atoms with van der Waals surface area (Å²) in [6, 6.07) is 8.13. The second-order valence-corrected chi connectivity index (χ2v) is 7.40. The SMILES string of the molecule is CC(C)(C)CC(N)CC(=O)c1ccc(C2CCC2)cc1. The van der Waals surface area contributed by atoms with Gasteiger partial charge in [0.25, 0.3) is 0 Å². The van der Waals surface area contributed by atoms with Crippen molar-refractivity contribution in [2.24, 2.45) is 11.1 Å². The van der Waals surface area contributed by atoms with Gasteiger partial charge in [-0.25, -0.2) is 0 Å². The Morgan fingerprint density at radius 3 is 2.30 bits per heavy atom. The molecule has 2 heteroatoms. The Hall–Kier alpha value is -1.15. The molecule has 0 radical (unpaired) electrons. The molecule has 20 heavy (non-hydrogen) atoms. The van der Waals surface area contributed by atoms with Crippen molar-refractivity contribution in [2.75, 3.05) is 0 Å². The minimum atomic E-state index is -0.0474. The van der Waals surface area contributed by atoms with E-state index in [4.69, 9.17) is 5.73 Å². The molecule has 2 nitrogen and oxygen atoms in total. The van der Waals surface area contributed by atoms with Gasteiger partial charge in [-0.1, -0.05) is 51.5 Å². The normalized spacial score (nSPS) is 17.6. The van der Waals surface area contributed by atoms with Gasteiger partial charge in [-0.15, -0.1) is 0 Å². The highest BCUT2D eigenvalue weighted by Crippen LogP contribution is 2.36. The van der Waals surface area contributed by atoms with Crippen LogP contribution in [0.25, 0.3) is 0 Å². The van der Waals surface area contributed by atoms with Gasteiger partial charge in [0.2, 0.25) is 0 Å². The quantitative estimate of drug-likeness (QED) is 0.813. The molecule has 1 aromatic rings. The number of benzene rings is 1. The summed E-state index contributed by atoms with van der Waals surface area (Å²) in [4.78, 5) is 12.2. The fourth-order valence-corrected chi connectivity index (χ4v) is 2.90. The van der Waals surface area contributed by atoms with Crippen LogP contribution in [0.15, 0.2) is 24.3 Å². The first-order valence-electron chi connectivity index (χ1n) is 7.74. The number of hydrogen-bond donors (Lipinski definition) is 1. The Balaban J connectivity index is 1.91. The van der Waals surface area contributed by atoms with Crippen LogP contribution in [0.3, 0.4) is 0 Å². The summed E-state index contributed by atoms with van der Waals surface area (Å²) < 4.78 is 0. The number of carbonyl (C=O) groups excluding carboxylic acids is 1. The van der Waals surface area contributed by atoms with Crippen molar-refractivity contribution >= 4 is 5.78 Å². The van der Waals surface area contributed by atoms with E-state index >= 15 is 0 Å². The van der Waals surface area contributed by atoms with Crippen molar-refractivity contribution in [2.45, 2.75) is 64.8 Å². The third-order valence-corrected chi connectivity index (χ3v) is 4.13.